The molecule has 0 aliphatic carbocycles. The predicted molar refractivity (Wildman–Crippen MR) is 65.8 cm³/mol. The quantitative estimate of drug-likeness (QED) is 0.560. The molecule has 86 valence electrons. The van der Waals surface area contributed by atoms with Crippen molar-refractivity contribution in [2.45, 2.75) is 52.1 Å². The van der Waals surface area contributed by atoms with Crippen LogP contribution in [0.4, 0.5) is 0 Å². The fourth-order valence-electron chi connectivity index (χ4n) is 2.08. The van der Waals surface area contributed by atoms with Crippen molar-refractivity contribution in [1.29, 1.82) is 0 Å². The molecule has 1 N–H and O–H groups in total. The van der Waals surface area contributed by atoms with E-state index in [2.05, 4.69) is 35.9 Å². The molecule has 0 atom stereocenters. The normalized spacial score (nSPS) is 18.9. The molecule has 0 amide bonds. The Morgan fingerprint density at radius 2 is 2.00 bits per heavy atom. The number of likely N-dealkylation sites (tertiary alicyclic amines) is 1. The molecule has 1 aliphatic heterocycles. The number of rotatable bonds is 4. The standard InChI is InChI=1S/C13H24N2/c1-4-5-6-9-14-13-7-10-15(11-8-13)12(2)3/h12-14H,6-11H2,1-3H3. The van der Waals surface area contributed by atoms with Gasteiger partial charge in [0.2, 0.25) is 0 Å². The third kappa shape index (κ3) is 4.68. The first kappa shape index (κ1) is 12.5. The minimum absolute atomic E-state index is 0.705. The Kier molecular flexibility index (Phi) is 5.75. The average Bonchev–Trinajstić information content (AvgIpc) is 2.25. The van der Waals surface area contributed by atoms with Crippen molar-refractivity contribution in [2.24, 2.45) is 0 Å². The van der Waals surface area contributed by atoms with Gasteiger partial charge < -0.3 is 10.2 Å². The monoisotopic (exact) mass is 208 g/mol. The molecule has 0 radical (unpaired) electrons. The predicted octanol–water partition coefficient (Wildman–Crippen LogP) is 1.86. The SMILES string of the molecule is CC#CCCNC1CCN(C(C)C)CC1. The van der Waals surface area contributed by atoms with Crippen LogP contribution in [0.15, 0.2) is 0 Å². The Balaban J connectivity index is 2.11. The van der Waals surface area contributed by atoms with E-state index >= 15 is 0 Å². The average molecular weight is 208 g/mol. The van der Waals surface area contributed by atoms with Gasteiger partial charge in [0.15, 0.2) is 0 Å². The van der Waals surface area contributed by atoms with Crippen LogP contribution in [0.25, 0.3) is 0 Å². The van der Waals surface area contributed by atoms with Crippen molar-refractivity contribution in [2.75, 3.05) is 19.6 Å². The van der Waals surface area contributed by atoms with Gasteiger partial charge in [0.25, 0.3) is 0 Å². The van der Waals surface area contributed by atoms with Crippen molar-refractivity contribution >= 4 is 0 Å². The van der Waals surface area contributed by atoms with Crippen LogP contribution in [0, 0.1) is 11.8 Å². The lowest BCUT2D eigenvalue weighted by molar-refractivity contribution is 0.162. The van der Waals surface area contributed by atoms with Crippen molar-refractivity contribution in [3.63, 3.8) is 0 Å². The zero-order chi connectivity index (χ0) is 11.1. The van der Waals surface area contributed by atoms with Gasteiger partial charge in [-0.2, -0.15) is 0 Å². The molecule has 0 aromatic rings. The summed E-state index contributed by atoms with van der Waals surface area (Å²) in [5.41, 5.74) is 0. The van der Waals surface area contributed by atoms with E-state index in [1.165, 1.54) is 25.9 Å². The molecule has 0 spiro atoms. The minimum Gasteiger partial charge on any atom is -0.313 e. The van der Waals surface area contributed by atoms with Gasteiger partial charge in [-0.15, -0.1) is 11.8 Å². The zero-order valence-corrected chi connectivity index (χ0v) is 10.3. The Labute approximate surface area is 94.4 Å². The summed E-state index contributed by atoms with van der Waals surface area (Å²) >= 11 is 0. The van der Waals surface area contributed by atoms with E-state index in [1.807, 2.05) is 6.92 Å². The van der Waals surface area contributed by atoms with E-state index in [0.717, 1.165) is 19.0 Å². The van der Waals surface area contributed by atoms with E-state index in [0.29, 0.717) is 6.04 Å². The number of nitrogens with one attached hydrogen (secondary N) is 1. The van der Waals surface area contributed by atoms with E-state index < -0.39 is 0 Å². The van der Waals surface area contributed by atoms with Crippen LogP contribution in [0.5, 0.6) is 0 Å². The molecular weight excluding hydrogens is 184 g/mol. The third-order valence-corrected chi connectivity index (χ3v) is 3.12. The second-order valence-corrected chi connectivity index (χ2v) is 4.53. The summed E-state index contributed by atoms with van der Waals surface area (Å²) in [6, 6.07) is 1.43. The van der Waals surface area contributed by atoms with Gasteiger partial charge in [-0.05, 0) is 46.7 Å². The molecule has 0 aromatic heterocycles. The fourth-order valence-corrected chi connectivity index (χ4v) is 2.08. The summed E-state index contributed by atoms with van der Waals surface area (Å²) in [5.74, 6) is 6.02. The number of piperidine rings is 1. The second kappa shape index (κ2) is 6.87. The lowest BCUT2D eigenvalue weighted by Crippen LogP contribution is -2.45. The lowest BCUT2D eigenvalue weighted by atomic mass is 10.0. The molecule has 0 saturated carbocycles. The minimum atomic E-state index is 0.705. The van der Waals surface area contributed by atoms with E-state index in [1.54, 1.807) is 0 Å². The van der Waals surface area contributed by atoms with Crippen molar-refractivity contribution in [3.8, 4) is 11.8 Å². The molecule has 1 heterocycles. The molecule has 1 saturated heterocycles. The molecule has 15 heavy (non-hydrogen) atoms. The van der Waals surface area contributed by atoms with Crippen LogP contribution < -0.4 is 5.32 Å². The number of nitrogens with zero attached hydrogens (tertiary/aromatic N) is 1. The summed E-state index contributed by atoms with van der Waals surface area (Å²) in [4.78, 5) is 2.56. The second-order valence-electron chi connectivity index (χ2n) is 4.53. The summed E-state index contributed by atoms with van der Waals surface area (Å²) in [7, 11) is 0. The Morgan fingerprint density at radius 3 is 2.53 bits per heavy atom. The zero-order valence-electron chi connectivity index (χ0n) is 10.3. The van der Waals surface area contributed by atoms with Gasteiger partial charge in [0.05, 0.1) is 0 Å². The maximum Gasteiger partial charge on any atom is 0.0214 e. The first-order valence-electron chi connectivity index (χ1n) is 6.11. The Bertz CT molecular complexity index is 216. The van der Waals surface area contributed by atoms with E-state index in [-0.39, 0.29) is 0 Å². The first-order valence-corrected chi connectivity index (χ1v) is 6.11. The maximum absolute atomic E-state index is 3.59. The molecule has 1 rings (SSSR count). The highest BCUT2D eigenvalue weighted by atomic mass is 15.2. The summed E-state index contributed by atoms with van der Waals surface area (Å²) in [6.45, 7) is 10.0. The van der Waals surface area contributed by atoms with Crippen LogP contribution in [0.3, 0.4) is 0 Å². The highest BCUT2D eigenvalue weighted by Gasteiger charge is 2.19. The first-order chi connectivity index (χ1) is 7.24. The highest BCUT2D eigenvalue weighted by molar-refractivity contribution is 4.95. The van der Waals surface area contributed by atoms with Crippen LogP contribution in [-0.4, -0.2) is 36.6 Å². The van der Waals surface area contributed by atoms with Gasteiger partial charge in [-0.25, -0.2) is 0 Å². The van der Waals surface area contributed by atoms with E-state index in [9.17, 15) is 0 Å². The highest BCUT2D eigenvalue weighted by Crippen LogP contribution is 2.12. The van der Waals surface area contributed by atoms with Gasteiger partial charge >= 0.3 is 0 Å². The van der Waals surface area contributed by atoms with Crippen molar-refractivity contribution in [3.05, 3.63) is 0 Å². The lowest BCUT2D eigenvalue weighted by Gasteiger charge is -2.34. The van der Waals surface area contributed by atoms with Gasteiger partial charge in [-0.3, -0.25) is 0 Å². The van der Waals surface area contributed by atoms with Crippen LogP contribution in [0.2, 0.25) is 0 Å². The maximum atomic E-state index is 3.59. The van der Waals surface area contributed by atoms with Crippen LogP contribution in [0.1, 0.15) is 40.0 Å². The van der Waals surface area contributed by atoms with E-state index in [4.69, 9.17) is 0 Å². The molecular formula is C13H24N2. The third-order valence-electron chi connectivity index (χ3n) is 3.12. The van der Waals surface area contributed by atoms with Crippen LogP contribution in [-0.2, 0) is 0 Å². The largest absolute Gasteiger partial charge is 0.313 e. The topological polar surface area (TPSA) is 15.3 Å². The van der Waals surface area contributed by atoms with Crippen LogP contribution >= 0.6 is 0 Å². The van der Waals surface area contributed by atoms with Gasteiger partial charge in [0.1, 0.15) is 0 Å². The Hall–Kier alpha value is -0.520. The number of hydrogen-bond acceptors (Lipinski definition) is 2. The summed E-state index contributed by atoms with van der Waals surface area (Å²) in [5, 5.41) is 3.59. The molecule has 2 nitrogen and oxygen atoms in total. The Morgan fingerprint density at radius 1 is 1.33 bits per heavy atom. The molecule has 0 aromatic carbocycles. The summed E-state index contributed by atoms with van der Waals surface area (Å²) < 4.78 is 0. The van der Waals surface area contributed by atoms with Gasteiger partial charge in [-0.1, -0.05) is 0 Å². The van der Waals surface area contributed by atoms with Crippen molar-refractivity contribution in [1.82, 2.24) is 10.2 Å². The molecule has 1 fully saturated rings. The van der Waals surface area contributed by atoms with Gasteiger partial charge in [0, 0.05) is 25.0 Å². The smallest absolute Gasteiger partial charge is 0.0214 e. The fraction of sp³-hybridized carbons (Fsp3) is 0.846. The molecule has 1 aliphatic rings. The number of hydrogen-bond donors (Lipinski definition) is 1. The molecule has 2 heteroatoms. The molecule has 0 bridgehead atoms. The van der Waals surface area contributed by atoms with Crippen molar-refractivity contribution < 1.29 is 0 Å². The molecule has 0 unspecified atom stereocenters. The summed E-state index contributed by atoms with van der Waals surface area (Å²) in [6.07, 6.45) is 3.57.